The number of anilines is 1. The van der Waals surface area contributed by atoms with E-state index in [1.54, 1.807) is 11.8 Å². The lowest BCUT2D eigenvalue weighted by Crippen LogP contribution is -2.07. The van der Waals surface area contributed by atoms with Crippen molar-refractivity contribution in [2.45, 2.75) is 24.5 Å². The molecule has 20 heavy (non-hydrogen) atoms. The molecule has 1 heterocycles. The third-order valence-corrected chi connectivity index (χ3v) is 5.42. The van der Waals surface area contributed by atoms with Gasteiger partial charge in [0.2, 0.25) is 0 Å². The smallest absolute Gasteiger partial charge is 0.143 e. The first-order valence-electron chi connectivity index (χ1n) is 6.25. The Morgan fingerprint density at radius 1 is 1.25 bits per heavy atom. The molecule has 1 N–H and O–H groups in total. The Balaban J connectivity index is 2.11. The number of hydrogen-bond donors (Lipinski definition) is 1. The van der Waals surface area contributed by atoms with Gasteiger partial charge in [0.25, 0.3) is 0 Å². The molecule has 0 atom stereocenters. The van der Waals surface area contributed by atoms with Crippen LogP contribution in [0.3, 0.4) is 0 Å². The molecule has 106 valence electrons. The highest BCUT2D eigenvalue weighted by molar-refractivity contribution is 14.1. The summed E-state index contributed by atoms with van der Waals surface area (Å²) in [6, 6.07) is 8.29. The minimum atomic E-state index is 0.776. The summed E-state index contributed by atoms with van der Waals surface area (Å²) in [5, 5.41) is 3.29. The lowest BCUT2D eigenvalue weighted by Gasteiger charge is -2.10. The van der Waals surface area contributed by atoms with Crippen molar-refractivity contribution < 1.29 is 0 Å². The molecule has 0 fully saturated rings. The molecule has 0 radical (unpaired) electrons. The van der Waals surface area contributed by atoms with Crippen LogP contribution in [0, 0.1) is 10.5 Å². The summed E-state index contributed by atoms with van der Waals surface area (Å²) in [4.78, 5) is 10.4. The normalized spacial score (nSPS) is 10.6. The van der Waals surface area contributed by atoms with Gasteiger partial charge in [0.05, 0.1) is 15.0 Å². The Morgan fingerprint density at radius 3 is 2.60 bits per heavy atom. The van der Waals surface area contributed by atoms with E-state index in [9.17, 15) is 0 Å². The van der Waals surface area contributed by atoms with Crippen molar-refractivity contribution >= 4 is 56.1 Å². The number of nitrogens with zero attached hydrogens (tertiary/aromatic N) is 2. The first kappa shape index (κ1) is 16.0. The van der Waals surface area contributed by atoms with Crippen LogP contribution in [0.25, 0.3) is 0 Å². The average Bonchev–Trinajstić information content (AvgIpc) is 2.44. The van der Waals surface area contributed by atoms with Crippen molar-refractivity contribution in [2.75, 3.05) is 11.9 Å². The Labute approximate surface area is 145 Å². The summed E-state index contributed by atoms with van der Waals surface area (Å²) in [5.41, 5.74) is 1.03. The molecule has 6 heteroatoms. The molecule has 2 rings (SSSR count). The second-order valence-electron chi connectivity index (χ2n) is 4.16. The van der Waals surface area contributed by atoms with Crippen LogP contribution in [0.5, 0.6) is 0 Å². The van der Waals surface area contributed by atoms with E-state index < -0.39 is 0 Å². The topological polar surface area (TPSA) is 37.8 Å². The van der Waals surface area contributed by atoms with Gasteiger partial charge >= 0.3 is 0 Å². The van der Waals surface area contributed by atoms with Gasteiger partial charge in [-0.25, -0.2) is 9.97 Å². The van der Waals surface area contributed by atoms with Gasteiger partial charge in [-0.2, -0.15) is 0 Å². The van der Waals surface area contributed by atoms with Gasteiger partial charge in [-0.15, -0.1) is 11.8 Å². The number of halogens is 2. The minimum absolute atomic E-state index is 0.776. The number of thioether (sulfide) groups is 1. The first-order chi connectivity index (χ1) is 9.60. The highest BCUT2D eigenvalue weighted by atomic mass is 127. The number of nitrogens with one attached hydrogen (secondary N) is 1. The molecule has 0 aliphatic carbocycles. The Morgan fingerprint density at radius 2 is 1.95 bits per heavy atom. The quantitative estimate of drug-likeness (QED) is 0.506. The van der Waals surface area contributed by atoms with Crippen LogP contribution in [-0.4, -0.2) is 16.5 Å². The van der Waals surface area contributed by atoms with Gasteiger partial charge < -0.3 is 5.32 Å². The summed E-state index contributed by atoms with van der Waals surface area (Å²) in [7, 11) is 0. The Hall–Kier alpha value is -0.340. The molecule has 1 aromatic heterocycles. The van der Waals surface area contributed by atoms with E-state index >= 15 is 0 Å². The van der Waals surface area contributed by atoms with Gasteiger partial charge in [0.1, 0.15) is 11.6 Å². The summed E-state index contributed by atoms with van der Waals surface area (Å²) in [6.07, 6.45) is 0. The van der Waals surface area contributed by atoms with Crippen LogP contribution in [-0.2, 0) is 5.75 Å². The van der Waals surface area contributed by atoms with Crippen molar-refractivity contribution in [3.63, 3.8) is 0 Å². The van der Waals surface area contributed by atoms with Crippen molar-refractivity contribution in [1.82, 2.24) is 9.97 Å². The van der Waals surface area contributed by atoms with Crippen molar-refractivity contribution in [3.05, 3.63) is 43.8 Å². The molecule has 0 spiro atoms. The van der Waals surface area contributed by atoms with Crippen LogP contribution in [0.1, 0.15) is 18.4 Å². The Bertz CT molecular complexity index is 590. The standard InChI is InChI=1S/C14H15BrIN3S/c1-3-17-14-13(16)9(2)18-12(19-14)8-20-11-6-4-10(15)5-7-11/h4-7H,3,8H2,1-2H3,(H,17,18,19). The highest BCUT2D eigenvalue weighted by Gasteiger charge is 2.09. The van der Waals surface area contributed by atoms with Gasteiger partial charge in [-0.1, -0.05) is 15.9 Å². The summed E-state index contributed by atoms with van der Waals surface area (Å²) in [6.45, 7) is 4.97. The first-order valence-corrected chi connectivity index (χ1v) is 9.11. The highest BCUT2D eigenvalue weighted by Crippen LogP contribution is 2.25. The molecule has 0 saturated heterocycles. The van der Waals surface area contributed by atoms with Crippen LogP contribution >= 0.6 is 50.3 Å². The van der Waals surface area contributed by atoms with Gasteiger partial charge in [-0.05, 0) is 60.7 Å². The predicted octanol–water partition coefficient (Wildman–Crippen LogP) is 4.88. The summed E-state index contributed by atoms with van der Waals surface area (Å²) in [5.74, 6) is 2.58. The molecule has 0 amide bonds. The van der Waals surface area contributed by atoms with E-state index in [0.717, 1.165) is 37.7 Å². The molecule has 3 nitrogen and oxygen atoms in total. The van der Waals surface area contributed by atoms with Crippen molar-refractivity contribution in [1.29, 1.82) is 0 Å². The largest absolute Gasteiger partial charge is 0.369 e. The number of benzene rings is 1. The van der Waals surface area contributed by atoms with Crippen molar-refractivity contribution in [2.24, 2.45) is 0 Å². The van der Waals surface area contributed by atoms with Crippen LogP contribution in [0.4, 0.5) is 5.82 Å². The molecule has 0 saturated carbocycles. The molecular formula is C14H15BrIN3S. The van der Waals surface area contributed by atoms with E-state index in [0.29, 0.717) is 0 Å². The summed E-state index contributed by atoms with van der Waals surface area (Å²) >= 11 is 7.48. The predicted molar refractivity (Wildman–Crippen MR) is 97.4 cm³/mol. The fourth-order valence-electron chi connectivity index (χ4n) is 1.64. The monoisotopic (exact) mass is 463 g/mol. The second-order valence-corrected chi connectivity index (χ2v) is 7.20. The average molecular weight is 464 g/mol. The van der Waals surface area contributed by atoms with Gasteiger partial charge in [0, 0.05) is 15.9 Å². The van der Waals surface area contributed by atoms with E-state index in [1.165, 1.54) is 4.90 Å². The third-order valence-electron chi connectivity index (χ3n) is 2.59. The SMILES string of the molecule is CCNc1nc(CSc2ccc(Br)cc2)nc(C)c1I. The molecule has 0 aliphatic rings. The Kier molecular flexibility index (Phi) is 6.10. The van der Waals surface area contributed by atoms with E-state index in [2.05, 4.69) is 72.9 Å². The van der Waals surface area contributed by atoms with Crippen LogP contribution in [0.2, 0.25) is 0 Å². The number of aryl methyl sites for hydroxylation is 1. The maximum Gasteiger partial charge on any atom is 0.143 e. The van der Waals surface area contributed by atoms with E-state index in [-0.39, 0.29) is 0 Å². The van der Waals surface area contributed by atoms with Gasteiger partial charge in [0.15, 0.2) is 0 Å². The van der Waals surface area contributed by atoms with E-state index in [1.807, 2.05) is 19.1 Å². The zero-order valence-corrected chi connectivity index (χ0v) is 15.8. The van der Waals surface area contributed by atoms with Crippen LogP contribution < -0.4 is 5.32 Å². The maximum absolute atomic E-state index is 4.60. The molecule has 0 bridgehead atoms. The molecular weight excluding hydrogens is 449 g/mol. The van der Waals surface area contributed by atoms with Gasteiger partial charge in [-0.3, -0.25) is 0 Å². The number of hydrogen-bond acceptors (Lipinski definition) is 4. The number of rotatable bonds is 5. The molecule has 1 aromatic carbocycles. The number of aromatic nitrogens is 2. The lowest BCUT2D eigenvalue weighted by atomic mass is 10.4. The minimum Gasteiger partial charge on any atom is -0.369 e. The lowest BCUT2D eigenvalue weighted by molar-refractivity contribution is 0.974. The molecule has 0 unspecified atom stereocenters. The third kappa shape index (κ3) is 4.33. The van der Waals surface area contributed by atoms with Crippen molar-refractivity contribution in [3.8, 4) is 0 Å². The maximum atomic E-state index is 4.60. The fraction of sp³-hybridized carbons (Fsp3) is 0.286. The fourth-order valence-corrected chi connectivity index (χ4v) is 3.09. The molecule has 2 aromatic rings. The van der Waals surface area contributed by atoms with E-state index in [4.69, 9.17) is 0 Å². The zero-order valence-electron chi connectivity index (χ0n) is 11.3. The second kappa shape index (κ2) is 7.61. The zero-order chi connectivity index (χ0) is 14.5. The summed E-state index contributed by atoms with van der Waals surface area (Å²) < 4.78 is 2.19. The van der Waals surface area contributed by atoms with Crippen LogP contribution in [0.15, 0.2) is 33.6 Å². The molecule has 0 aliphatic heterocycles.